The molecule has 0 heterocycles. The number of nitrogens with two attached hydrogens (primary N) is 1. The third-order valence-electron chi connectivity index (χ3n) is 0.573. The predicted octanol–water partition coefficient (Wildman–Crippen LogP) is -0.819. The number of rotatable bonds is 3. The maximum absolute atomic E-state index is 9.55. The molecule has 0 spiro atoms. The summed E-state index contributed by atoms with van der Waals surface area (Å²) in [6.45, 7) is 2.79. The Labute approximate surface area is 69.7 Å². The minimum absolute atomic E-state index is 0.558. The summed E-state index contributed by atoms with van der Waals surface area (Å²) in [6.07, 6.45) is 1.12. The lowest BCUT2D eigenvalue weighted by atomic mass is 10.5. The molecular weight excluding hydrogens is 164 g/mol. The third-order valence-corrected chi connectivity index (χ3v) is 0.573. The highest BCUT2D eigenvalue weighted by Gasteiger charge is 1.88. The van der Waals surface area contributed by atoms with Crippen molar-refractivity contribution in [2.45, 2.75) is 6.92 Å². The smallest absolute Gasteiger partial charge is 0.328 e. The second kappa shape index (κ2) is 9.60. The first-order chi connectivity index (χ1) is 5.54. The van der Waals surface area contributed by atoms with Crippen molar-refractivity contribution in [2.75, 3.05) is 6.54 Å². The van der Waals surface area contributed by atoms with Crippen molar-refractivity contribution in [3.63, 3.8) is 0 Å². The van der Waals surface area contributed by atoms with Gasteiger partial charge in [0.2, 0.25) is 0 Å². The van der Waals surface area contributed by atoms with Crippen molar-refractivity contribution in [1.82, 2.24) is 5.43 Å². The Morgan fingerprint density at radius 3 is 1.67 bits per heavy atom. The Balaban J connectivity index is 0. The van der Waals surface area contributed by atoms with Gasteiger partial charge in [0.05, 0.1) is 0 Å². The van der Waals surface area contributed by atoms with Crippen molar-refractivity contribution < 1.29 is 19.8 Å². The first kappa shape index (κ1) is 13.2. The molecule has 0 atom stereocenters. The average molecular weight is 176 g/mol. The maximum atomic E-state index is 9.55. The van der Waals surface area contributed by atoms with E-state index < -0.39 is 11.9 Å². The van der Waals surface area contributed by atoms with Gasteiger partial charge in [0.15, 0.2) is 0 Å². The Kier molecular flexibility index (Phi) is 10.6. The average Bonchev–Trinajstić information content (AvgIpc) is 2.01. The summed E-state index contributed by atoms with van der Waals surface area (Å²) in [5.41, 5.74) is 2.43. The largest absolute Gasteiger partial charge is 0.478 e. The molecule has 5 N–H and O–H groups in total. The van der Waals surface area contributed by atoms with Gasteiger partial charge >= 0.3 is 11.9 Å². The molecule has 0 aromatic carbocycles. The molecule has 0 aliphatic carbocycles. The van der Waals surface area contributed by atoms with E-state index in [-0.39, 0.29) is 0 Å². The predicted molar refractivity (Wildman–Crippen MR) is 42.3 cm³/mol. The molecule has 0 aliphatic rings. The van der Waals surface area contributed by atoms with E-state index in [1.54, 1.807) is 0 Å². The molecule has 12 heavy (non-hydrogen) atoms. The van der Waals surface area contributed by atoms with Crippen LogP contribution in [0.3, 0.4) is 0 Å². The number of hydrogen-bond acceptors (Lipinski definition) is 4. The number of carbonyl (C=O) groups is 2. The summed E-state index contributed by atoms with van der Waals surface area (Å²) >= 11 is 0. The fraction of sp³-hybridized carbons (Fsp3) is 0.333. The summed E-state index contributed by atoms with van der Waals surface area (Å²) in [5.74, 6) is 2.26. The molecule has 0 radical (unpaired) electrons. The SMILES string of the molecule is CCNN.O=C(O)/C=C\C(=O)O. The van der Waals surface area contributed by atoms with Crippen molar-refractivity contribution in [2.24, 2.45) is 5.84 Å². The van der Waals surface area contributed by atoms with E-state index in [1.165, 1.54) is 0 Å². The standard InChI is InChI=1S/C4H4O4.C2H8N2/c5-3(6)1-2-4(7)8;1-2-4-3/h1-2H,(H,5,6)(H,7,8);4H,2-3H2,1H3/b2-1-;. The maximum Gasteiger partial charge on any atom is 0.328 e. The molecule has 6 heteroatoms. The quantitative estimate of drug-likeness (QED) is 0.254. The molecular formula is C6H12N2O4. The van der Waals surface area contributed by atoms with Gasteiger partial charge in [-0.2, -0.15) is 0 Å². The van der Waals surface area contributed by atoms with Crippen LogP contribution < -0.4 is 11.3 Å². The Hall–Kier alpha value is -1.40. The number of carboxylic acid groups (broad SMARTS) is 2. The van der Waals surface area contributed by atoms with Crippen molar-refractivity contribution in [1.29, 1.82) is 0 Å². The van der Waals surface area contributed by atoms with Gasteiger partial charge in [-0.05, 0) is 0 Å². The first-order valence-corrected chi connectivity index (χ1v) is 3.12. The zero-order valence-electron chi connectivity index (χ0n) is 6.65. The van der Waals surface area contributed by atoms with Crippen LogP contribution >= 0.6 is 0 Å². The first-order valence-electron chi connectivity index (χ1n) is 3.12. The van der Waals surface area contributed by atoms with Crippen molar-refractivity contribution in [3.8, 4) is 0 Å². The van der Waals surface area contributed by atoms with E-state index in [2.05, 4.69) is 5.43 Å². The number of hydrazine groups is 1. The van der Waals surface area contributed by atoms with Crippen molar-refractivity contribution >= 4 is 11.9 Å². The van der Waals surface area contributed by atoms with E-state index in [0.29, 0.717) is 12.2 Å². The lowest BCUT2D eigenvalue weighted by Gasteiger charge is -1.77. The van der Waals surface area contributed by atoms with Crippen molar-refractivity contribution in [3.05, 3.63) is 12.2 Å². The molecule has 0 aromatic heterocycles. The molecule has 0 bridgehead atoms. The van der Waals surface area contributed by atoms with E-state index in [9.17, 15) is 9.59 Å². The second-order valence-corrected chi connectivity index (χ2v) is 1.57. The summed E-state index contributed by atoms with van der Waals surface area (Å²) < 4.78 is 0. The number of nitrogens with one attached hydrogen (secondary N) is 1. The van der Waals surface area contributed by atoms with E-state index in [1.807, 2.05) is 6.92 Å². The molecule has 0 unspecified atom stereocenters. The molecule has 70 valence electrons. The molecule has 0 aromatic rings. The van der Waals surface area contributed by atoms with Crippen LogP contribution in [0.1, 0.15) is 6.92 Å². The van der Waals surface area contributed by atoms with Gasteiger partial charge in [-0.25, -0.2) is 9.59 Å². The molecule has 0 aliphatic heterocycles. The van der Waals surface area contributed by atoms with Crippen LogP contribution in [0.5, 0.6) is 0 Å². The highest BCUT2D eigenvalue weighted by atomic mass is 16.4. The summed E-state index contributed by atoms with van der Waals surface area (Å²) in [5, 5.41) is 15.6. The van der Waals surface area contributed by atoms with Gasteiger partial charge in [-0.3, -0.25) is 11.3 Å². The van der Waals surface area contributed by atoms with Crippen LogP contribution in [0.2, 0.25) is 0 Å². The summed E-state index contributed by atoms with van der Waals surface area (Å²) in [7, 11) is 0. The fourth-order valence-electron chi connectivity index (χ4n) is 0.143. The zero-order chi connectivity index (χ0) is 9.98. The summed E-state index contributed by atoms with van der Waals surface area (Å²) in [4.78, 5) is 19.1. The normalized spacial score (nSPS) is 8.83. The minimum atomic E-state index is -1.26. The van der Waals surface area contributed by atoms with Crippen LogP contribution in [-0.2, 0) is 9.59 Å². The van der Waals surface area contributed by atoms with E-state index >= 15 is 0 Å². The molecule has 0 rings (SSSR count). The van der Waals surface area contributed by atoms with Crippen LogP contribution in [-0.4, -0.2) is 28.7 Å². The second-order valence-electron chi connectivity index (χ2n) is 1.57. The van der Waals surface area contributed by atoms with Gasteiger partial charge in [-0.1, -0.05) is 6.92 Å². The van der Waals surface area contributed by atoms with Gasteiger partial charge in [0, 0.05) is 18.7 Å². The number of hydrogen-bond donors (Lipinski definition) is 4. The molecule has 0 saturated carbocycles. The van der Waals surface area contributed by atoms with Crippen LogP contribution in [0.25, 0.3) is 0 Å². The van der Waals surface area contributed by atoms with Crippen LogP contribution in [0, 0.1) is 0 Å². The zero-order valence-corrected chi connectivity index (χ0v) is 6.65. The summed E-state index contributed by atoms with van der Waals surface area (Å²) in [6, 6.07) is 0. The van der Waals surface area contributed by atoms with Gasteiger partial charge in [0.1, 0.15) is 0 Å². The Morgan fingerprint density at radius 1 is 1.33 bits per heavy atom. The Bertz CT molecular complexity index is 149. The van der Waals surface area contributed by atoms with Crippen LogP contribution in [0.4, 0.5) is 0 Å². The van der Waals surface area contributed by atoms with Crippen LogP contribution in [0.15, 0.2) is 12.2 Å². The number of aliphatic carboxylic acids is 2. The van der Waals surface area contributed by atoms with Gasteiger partial charge in [0.25, 0.3) is 0 Å². The minimum Gasteiger partial charge on any atom is -0.478 e. The topological polar surface area (TPSA) is 113 Å². The van der Waals surface area contributed by atoms with E-state index in [0.717, 1.165) is 6.54 Å². The van der Waals surface area contributed by atoms with E-state index in [4.69, 9.17) is 16.1 Å². The third kappa shape index (κ3) is 23.5. The lowest BCUT2D eigenvalue weighted by Crippen LogP contribution is -2.20. The molecule has 6 nitrogen and oxygen atoms in total. The fourth-order valence-corrected chi connectivity index (χ4v) is 0.143. The number of carboxylic acids is 2. The highest BCUT2D eigenvalue weighted by Crippen LogP contribution is 1.70. The monoisotopic (exact) mass is 176 g/mol. The van der Waals surface area contributed by atoms with Gasteiger partial charge < -0.3 is 10.2 Å². The molecule has 0 amide bonds. The molecule has 0 fully saturated rings. The Morgan fingerprint density at radius 2 is 1.58 bits per heavy atom. The highest BCUT2D eigenvalue weighted by molar-refractivity contribution is 5.89. The lowest BCUT2D eigenvalue weighted by molar-refractivity contribution is -0.134. The molecule has 0 saturated heterocycles. The van der Waals surface area contributed by atoms with Gasteiger partial charge in [-0.15, -0.1) is 0 Å².